The number of anilines is 1. The number of benzene rings is 1. The number of thiophene rings is 1. The van der Waals surface area contributed by atoms with Gasteiger partial charge in [0.2, 0.25) is 0 Å². The lowest BCUT2D eigenvalue weighted by Crippen LogP contribution is -2.23. The predicted octanol–water partition coefficient (Wildman–Crippen LogP) is 4.20. The second-order valence-electron chi connectivity index (χ2n) is 4.64. The van der Waals surface area contributed by atoms with Crippen molar-refractivity contribution in [3.8, 4) is 0 Å². The van der Waals surface area contributed by atoms with Gasteiger partial charge in [-0.3, -0.25) is 4.99 Å². The van der Waals surface area contributed by atoms with Crippen molar-refractivity contribution in [1.29, 1.82) is 0 Å². The Morgan fingerprint density at radius 1 is 1.35 bits per heavy atom. The van der Waals surface area contributed by atoms with E-state index in [1.807, 2.05) is 18.2 Å². The molecule has 3 N–H and O–H groups in total. The first-order valence-corrected chi connectivity index (χ1v) is 7.20. The van der Waals surface area contributed by atoms with Crippen molar-refractivity contribution in [2.24, 2.45) is 10.7 Å². The van der Waals surface area contributed by atoms with E-state index in [0.717, 1.165) is 5.69 Å². The minimum atomic E-state index is 0. The number of hydrogen-bond donors (Lipinski definition) is 2. The topological polar surface area (TPSA) is 50.4 Å². The van der Waals surface area contributed by atoms with Crippen molar-refractivity contribution in [2.75, 3.05) is 11.9 Å². The van der Waals surface area contributed by atoms with Crippen LogP contribution in [0.15, 0.2) is 46.8 Å². The van der Waals surface area contributed by atoms with Gasteiger partial charge >= 0.3 is 0 Å². The van der Waals surface area contributed by atoms with Crippen LogP contribution >= 0.6 is 35.3 Å². The Kier molecular flexibility index (Phi) is 7.01. The van der Waals surface area contributed by atoms with Crippen molar-refractivity contribution < 1.29 is 0 Å². The van der Waals surface area contributed by atoms with E-state index >= 15 is 0 Å². The van der Waals surface area contributed by atoms with Crippen LogP contribution in [-0.2, 0) is 0 Å². The molecule has 0 fully saturated rings. The Morgan fingerprint density at radius 2 is 2.15 bits per heavy atom. The molecule has 3 nitrogen and oxygen atoms in total. The molecule has 0 saturated carbocycles. The predicted molar refractivity (Wildman–Crippen MR) is 99.4 cm³/mol. The van der Waals surface area contributed by atoms with E-state index < -0.39 is 0 Å². The summed E-state index contributed by atoms with van der Waals surface area (Å²) in [6.07, 6.45) is 0. The molecular formula is C15H20IN3S. The fraction of sp³-hybridized carbons (Fsp3) is 0.267. The zero-order chi connectivity index (χ0) is 13.7. The number of nitrogens with two attached hydrogens (primary N) is 1. The van der Waals surface area contributed by atoms with Gasteiger partial charge < -0.3 is 11.1 Å². The number of aryl methyl sites for hydroxylation is 1. The standard InChI is InChI=1S/C15H19N3S.HI/c1-11-5-3-6-13(9-11)18-15(16)17-10-12(2)14-7-4-8-19-14;/h3-9,12H,10H2,1-2H3,(H3,16,17,18);1H. The van der Waals surface area contributed by atoms with Gasteiger partial charge in [0.25, 0.3) is 0 Å². The molecule has 1 aromatic carbocycles. The third kappa shape index (κ3) is 5.13. The van der Waals surface area contributed by atoms with Gasteiger partial charge in [-0.05, 0) is 36.1 Å². The average molecular weight is 401 g/mol. The molecule has 0 aliphatic carbocycles. The summed E-state index contributed by atoms with van der Waals surface area (Å²) >= 11 is 1.76. The molecule has 0 spiro atoms. The van der Waals surface area contributed by atoms with Crippen LogP contribution in [0.1, 0.15) is 23.3 Å². The van der Waals surface area contributed by atoms with Gasteiger partial charge in [-0.1, -0.05) is 25.1 Å². The van der Waals surface area contributed by atoms with Crippen LogP contribution in [0.5, 0.6) is 0 Å². The van der Waals surface area contributed by atoms with Gasteiger partial charge in [0.1, 0.15) is 0 Å². The number of guanidine groups is 1. The van der Waals surface area contributed by atoms with Crippen molar-refractivity contribution in [2.45, 2.75) is 19.8 Å². The quantitative estimate of drug-likeness (QED) is 0.458. The second-order valence-corrected chi connectivity index (χ2v) is 5.62. The van der Waals surface area contributed by atoms with Gasteiger partial charge in [-0.15, -0.1) is 35.3 Å². The molecule has 0 radical (unpaired) electrons. The Morgan fingerprint density at radius 3 is 2.80 bits per heavy atom. The number of hydrogen-bond acceptors (Lipinski definition) is 2. The molecule has 0 amide bonds. The van der Waals surface area contributed by atoms with Gasteiger partial charge in [-0.2, -0.15) is 0 Å². The average Bonchev–Trinajstić information content (AvgIpc) is 2.90. The molecule has 0 bridgehead atoms. The highest BCUT2D eigenvalue weighted by atomic mass is 127. The van der Waals surface area contributed by atoms with E-state index in [4.69, 9.17) is 5.73 Å². The van der Waals surface area contributed by atoms with Crippen molar-refractivity contribution in [3.63, 3.8) is 0 Å². The van der Waals surface area contributed by atoms with Crippen molar-refractivity contribution in [1.82, 2.24) is 0 Å². The van der Waals surface area contributed by atoms with Gasteiger partial charge in [0, 0.05) is 16.5 Å². The Bertz CT molecular complexity index is 552. The molecule has 0 aliphatic rings. The summed E-state index contributed by atoms with van der Waals surface area (Å²) in [5, 5.41) is 5.20. The lowest BCUT2D eigenvalue weighted by Gasteiger charge is -2.09. The zero-order valence-corrected chi connectivity index (χ0v) is 14.8. The molecule has 0 aliphatic heterocycles. The monoisotopic (exact) mass is 401 g/mol. The maximum Gasteiger partial charge on any atom is 0.193 e. The molecule has 20 heavy (non-hydrogen) atoms. The van der Waals surface area contributed by atoms with Crippen LogP contribution in [0, 0.1) is 6.92 Å². The summed E-state index contributed by atoms with van der Waals surface area (Å²) in [7, 11) is 0. The fourth-order valence-corrected chi connectivity index (χ4v) is 2.59. The molecule has 5 heteroatoms. The van der Waals surface area contributed by atoms with Gasteiger partial charge in [-0.25, -0.2) is 0 Å². The van der Waals surface area contributed by atoms with E-state index in [2.05, 4.69) is 47.7 Å². The van der Waals surface area contributed by atoms with E-state index in [1.54, 1.807) is 11.3 Å². The van der Waals surface area contributed by atoms with E-state index in [-0.39, 0.29) is 24.0 Å². The van der Waals surface area contributed by atoms with E-state index in [9.17, 15) is 0 Å². The first kappa shape index (κ1) is 17.0. The third-order valence-electron chi connectivity index (χ3n) is 2.85. The lowest BCUT2D eigenvalue weighted by molar-refractivity contribution is 0.790. The minimum absolute atomic E-state index is 0. The van der Waals surface area contributed by atoms with Crippen LogP contribution in [0.4, 0.5) is 5.69 Å². The van der Waals surface area contributed by atoms with Crippen LogP contribution in [-0.4, -0.2) is 12.5 Å². The highest BCUT2D eigenvalue weighted by Gasteiger charge is 2.05. The molecule has 1 unspecified atom stereocenters. The molecule has 1 aromatic heterocycles. The lowest BCUT2D eigenvalue weighted by atomic mass is 10.1. The Labute approximate surface area is 141 Å². The molecule has 2 aromatic rings. The normalized spacial score (nSPS) is 12.6. The second kappa shape index (κ2) is 8.26. The zero-order valence-electron chi connectivity index (χ0n) is 11.7. The fourth-order valence-electron chi connectivity index (χ4n) is 1.81. The molecule has 0 saturated heterocycles. The minimum Gasteiger partial charge on any atom is -0.370 e. The number of nitrogens with zero attached hydrogens (tertiary/aromatic N) is 1. The summed E-state index contributed by atoms with van der Waals surface area (Å²) in [6.45, 7) is 4.91. The van der Waals surface area contributed by atoms with Crippen LogP contribution in [0.3, 0.4) is 0 Å². The van der Waals surface area contributed by atoms with Crippen LogP contribution in [0.2, 0.25) is 0 Å². The number of rotatable bonds is 4. The first-order chi connectivity index (χ1) is 9.15. The SMILES string of the molecule is Cc1cccc(NC(N)=NCC(C)c2cccs2)c1.I. The molecule has 1 heterocycles. The highest BCUT2D eigenvalue weighted by Crippen LogP contribution is 2.20. The van der Waals surface area contributed by atoms with Gasteiger partial charge in [0.15, 0.2) is 5.96 Å². The largest absolute Gasteiger partial charge is 0.370 e. The summed E-state index contributed by atoms with van der Waals surface area (Å²) in [5.74, 6) is 0.867. The van der Waals surface area contributed by atoms with Crippen molar-refractivity contribution >= 4 is 47.0 Å². The number of nitrogens with one attached hydrogen (secondary N) is 1. The first-order valence-electron chi connectivity index (χ1n) is 6.32. The Hall–Kier alpha value is -1.08. The molecule has 1 atom stereocenters. The molecule has 108 valence electrons. The Balaban J connectivity index is 0.00000200. The summed E-state index contributed by atoms with van der Waals surface area (Å²) < 4.78 is 0. The summed E-state index contributed by atoms with van der Waals surface area (Å²) in [4.78, 5) is 5.73. The maximum absolute atomic E-state index is 5.90. The third-order valence-corrected chi connectivity index (χ3v) is 3.96. The van der Waals surface area contributed by atoms with E-state index in [1.165, 1.54) is 10.4 Å². The van der Waals surface area contributed by atoms with Crippen LogP contribution in [0.25, 0.3) is 0 Å². The summed E-state index contributed by atoms with van der Waals surface area (Å²) in [6, 6.07) is 12.3. The molecular weight excluding hydrogens is 381 g/mol. The highest BCUT2D eigenvalue weighted by molar-refractivity contribution is 14.0. The summed E-state index contributed by atoms with van der Waals surface area (Å²) in [5.41, 5.74) is 8.08. The van der Waals surface area contributed by atoms with E-state index in [0.29, 0.717) is 18.4 Å². The van der Waals surface area contributed by atoms with Crippen LogP contribution < -0.4 is 11.1 Å². The molecule has 2 rings (SSSR count). The number of aliphatic imine (C=N–C) groups is 1. The smallest absolute Gasteiger partial charge is 0.193 e. The maximum atomic E-state index is 5.90. The number of halogens is 1. The van der Waals surface area contributed by atoms with Crippen molar-refractivity contribution in [3.05, 3.63) is 52.2 Å². The van der Waals surface area contributed by atoms with Gasteiger partial charge in [0.05, 0.1) is 6.54 Å².